The van der Waals surface area contributed by atoms with Crippen molar-refractivity contribution in [3.63, 3.8) is 0 Å². The molecular weight excluding hydrogens is 216 g/mol. The number of amides is 1. The van der Waals surface area contributed by atoms with E-state index in [0.29, 0.717) is 17.8 Å². The summed E-state index contributed by atoms with van der Waals surface area (Å²) < 4.78 is 0. The first-order chi connectivity index (χ1) is 8.27. The minimum absolute atomic E-state index is 0.386. The molecule has 1 amide bonds. The monoisotopic (exact) mass is 228 g/mol. The van der Waals surface area contributed by atoms with Crippen molar-refractivity contribution < 1.29 is 4.79 Å². The molecule has 0 atom stereocenters. The highest BCUT2D eigenvalue weighted by molar-refractivity contribution is 5.98. The predicted molar refractivity (Wildman–Crippen MR) is 64.3 cm³/mol. The summed E-state index contributed by atoms with van der Waals surface area (Å²) in [4.78, 5) is 19.0. The minimum atomic E-state index is -0.494. The van der Waals surface area contributed by atoms with Crippen molar-refractivity contribution in [2.75, 3.05) is 5.32 Å². The summed E-state index contributed by atoms with van der Waals surface area (Å²) in [6.07, 6.45) is 6.54. The smallest absolute Gasteiger partial charge is 0.252 e. The number of rotatable bonds is 4. The molecule has 0 aliphatic rings. The number of nitrogens with zero attached hydrogens (tertiary/aromatic N) is 2. The van der Waals surface area contributed by atoms with E-state index in [2.05, 4.69) is 15.3 Å². The molecule has 0 aliphatic carbocycles. The fraction of sp³-hybridized carbons (Fsp3) is 0.0833. The fourth-order valence-corrected chi connectivity index (χ4v) is 1.44. The molecule has 86 valence electrons. The molecule has 17 heavy (non-hydrogen) atoms. The summed E-state index contributed by atoms with van der Waals surface area (Å²) in [5.41, 5.74) is 7.34. The molecule has 0 spiro atoms. The quantitative estimate of drug-likeness (QED) is 0.823. The molecule has 0 aromatic carbocycles. The summed E-state index contributed by atoms with van der Waals surface area (Å²) in [6.45, 7) is 0.581. The summed E-state index contributed by atoms with van der Waals surface area (Å²) in [5.74, 6) is -0.494. The third-order valence-electron chi connectivity index (χ3n) is 2.29. The topological polar surface area (TPSA) is 80.9 Å². The van der Waals surface area contributed by atoms with E-state index >= 15 is 0 Å². The van der Waals surface area contributed by atoms with Gasteiger partial charge in [0.25, 0.3) is 5.91 Å². The molecule has 3 N–H and O–H groups in total. The van der Waals surface area contributed by atoms with Crippen LogP contribution < -0.4 is 11.1 Å². The Morgan fingerprint density at radius 3 is 2.76 bits per heavy atom. The highest BCUT2D eigenvalue weighted by atomic mass is 16.1. The zero-order chi connectivity index (χ0) is 12.1. The van der Waals surface area contributed by atoms with Crippen molar-refractivity contribution in [2.45, 2.75) is 6.54 Å². The SMILES string of the molecule is NC(=O)c1cnccc1NCc1cccnc1. The van der Waals surface area contributed by atoms with Gasteiger partial charge in [-0.1, -0.05) is 6.07 Å². The van der Waals surface area contributed by atoms with Gasteiger partial charge < -0.3 is 11.1 Å². The van der Waals surface area contributed by atoms with Crippen LogP contribution in [0.2, 0.25) is 0 Å². The Balaban J connectivity index is 2.12. The molecular formula is C12H12N4O. The summed E-state index contributed by atoms with van der Waals surface area (Å²) in [6, 6.07) is 5.53. The normalized spacial score (nSPS) is 9.88. The lowest BCUT2D eigenvalue weighted by Crippen LogP contribution is -2.14. The highest BCUT2D eigenvalue weighted by Gasteiger charge is 2.06. The van der Waals surface area contributed by atoms with Gasteiger partial charge in [-0.05, 0) is 17.7 Å². The van der Waals surface area contributed by atoms with Gasteiger partial charge in [-0.2, -0.15) is 0 Å². The Kier molecular flexibility index (Phi) is 3.30. The largest absolute Gasteiger partial charge is 0.380 e. The van der Waals surface area contributed by atoms with Crippen molar-refractivity contribution in [3.8, 4) is 0 Å². The van der Waals surface area contributed by atoms with E-state index in [9.17, 15) is 4.79 Å². The van der Waals surface area contributed by atoms with Gasteiger partial charge >= 0.3 is 0 Å². The average Bonchev–Trinajstić information content (AvgIpc) is 2.38. The summed E-state index contributed by atoms with van der Waals surface area (Å²) in [7, 11) is 0. The zero-order valence-electron chi connectivity index (χ0n) is 9.13. The second-order valence-corrected chi connectivity index (χ2v) is 3.50. The lowest BCUT2D eigenvalue weighted by molar-refractivity contribution is 0.100. The molecule has 0 aliphatic heterocycles. The van der Waals surface area contributed by atoms with Crippen molar-refractivity contribution in [3.05, 3.63) is 54.1 Å². The molecule has 2 aromatic rings. The third-order valence-corrected chi connectivity index (χ3v) is 2.29. The Morgan fingerprint density at radius 1 is 1.24 bits per heavy atom. The average molecular weight is 228 g/mol. The van der Waals surface area contributed by atoms with Crippen LogP contribution >= 0.6 is 0 Å². The molecule has 5 heteroatoms. The maximum absolute atomic E-state index is 11.2. The van der Waals surface area contributed by atoms with Crippen molar-refractivity contribution in [1.82, 2.24) is 9.97 Å². The Hall–Kier alpha value is -2.43. The number of hydrogen-bond acceptors (Lipinski definition) is 4. The van der Waals surface area contributed by atoms with E-state index in [4.69, 9.17) is 5.73 Å². The van der Waals surface area contributed by atoms with Crippen LogP contribution in [0.25, 0.3) is 0 Å². The molecule has 0 radical (unpaired) electrons. The second kappa shape index (κ2) is 5.07. The Bertz CT molecular complexity index is 513. The number of aromatic nitrogens is 2. The van der Waals surface area contributed by atoms with Crippen LogP contribution in [0.15, 0.2) is 43.0 Å². The van der Waals surface area contributed by atoms with Crippen LogP contribution in [0.4, 0.5) is 5.69 Å². The van der Waals surface area contributed by atoms with E-state index in [0.717, 1.165) is 5.56 Å². The number of carbonyl (C=O) groups is 1. The maximum atomic E-state index is 11.2. The molecule has 5 nitrogen and oxygen atoms in total. The van der Waals surface area contributed by atoms with Crippen LogP contribution in [0.1, 0.15) is 15.9 Å². The molecule has 0 bridgehead atoms. The number of nitrogens with one attached hydrogen (secondary N) is 1. The molecule has 2 heterocycles. The van der Waals surface area contributed by atoms with Crippen LogP contribution in [-0.2, 0) is 6.54 Å². The number of primary amides is 1. The van der Waals surface area contributed by atoms with Crippen LogP contribution in [0.3, 0.4) is 0 Å². The van der Waals surface area contributed by atoms with E-state index < -0.39 is 5.91 Å². The predicted octanol–water partition coefficient (Wildman–Crippen LogP) is 1.19. The van der Waals surface area contributed by atoms with Crippen LogP contribution in [-0.4, -0.2) is 15.9 Å². The van der Waals surface area contributed by atoms with Gasteiger partial charge in [0.15, 0.2) is 0 Å². The standard InChI is InChI=1S/C12H12N4O/c13-12(17)10-8-15-5-3-11(10)16-7-9-2-1-4-14-6-9/h1-6,8H,7H2,(H2,13,17)(H,15,16). The first kappa shape index (κ1) is 11.1. The molecule has 2 aromatic heterocycles. The van der Waals surface area contributed by atoms with Gasteiger partial charge in [0.05, 0.1) is 11.3 Å². The number of nitrogens with two attached hydrogens (primary N) is 1. The number of hydrogen-bond donors (Lipinski definition) is 2. The van der Waals surface area contributed by atoms with Crippen molar-refractivity contribution in [1.29, 1.82) is 0 Å². The molecule has 0 saturated heterocycles. The van der Waals surface area contributed by atoms with Gasteiger partial charge in [-0.25, -0.2) is 0 Å². The molecule has 0 fully saturated rings. The molecule has 2 rings (SSSR count). The highest BCUT2D eigenvalue weighted by Crippen LogP contribution is 2.13. The zero-order valence-corrected chi connectivity index (χ0v) is 9.13. The van der Waals surface area contributed by atoms with Crippen LogP contribution in [0.5, 0.6) is 0 Å². The lowest BCUT2D eigenvalue weighted by atomic mass is 10.2. The van der Waals surface area contributed by atoms with E-state index in [1.807, 2.05) is 12.1 Å². The Morgan fingerprint density at radius 2 is 2.06 bits per heavy atom. The van der Waals surface area contributed by atoms with E-state index in [1.54, 1.807) is 24.7 Å². The van der Waals surface area contributed by atoms with Crippen molar-refractivity contribution in [2.24, 2.45) is 5.73 Å². The maximum Gasteiger partial charge on any atom is 0.252 e. The first-order valence-electron chi connectivity index (χ1n) is 5.14. The Labute approximate surface area is 98.7 Å². The number of carbonyl (C=O) groups excluding carboxylic acids is 1. The van der Waals surface area contributed by atoms with Crippen molar-refractivity contribution >= 4 is 11.6 Å². The van der Waals surface area contributed by atoms with Gasteiger partial charge in [-0.15, -0.1) is 0 Å². The van der Waals surface area contributed by atoms with Crippen LogP contribution in [0, 0.1) is 0 Å². The van der Waals surface area contributed by atoms with Gasteiger partial charge in [0.2, 0.25) is 0 Å². The molecule has 0 unspecified atom stereocenters. The number of anilines is 1. The van der Waals surface area contributed by atoms with E-state index in [1.165, 1.54) is 6.20 Å². The fourth-order valence-electron chi connectivity index (χ4n) is 1.44. The summed E-state index contributed by atoms with van der Waals surface area (Å²) in [5, 5.41) is 3.13. The van der Waals surface area contributed by atoms with Gasteiger partial charge in [0.1, 0.15) is 0 Å². The molecule has 0 saturated carbocycles. The van der Waals surface area contributed by atoms with Gasteiger partial charge in [-0.3, -0.25) is 14.8 Å². The summed E-state index contributed by atoms with van der Waals surface area (Å²) >= 11 is 0. The lowest BCUT2D eigenvalue weighted by Gasteiger charge is -2.08. The minimum Gasteiger partial charge on any atom is -0.380 e. The van der Waals surface area contributed by atoms with Gasteiger partial charge in [0, 0.05) is 31.3 Å². The number of pyridine rings is 2. The first-order valence-corrected chi connectivity index (χ1v) is 5.14. The second-order valence-electron chi connectivity index (χ2n) is 3.50. The third kappa shape index (κ3) is 2.78. The van der Waals surface area contributed by atoms with E-state index in [-0.39, 0.29) is 0 Å².